The number of ether oxygens (including phenoxy) is 2. The molecule has 4 rings (SSSR count). The highest BCUT2D eigenvalue weighted by Crippen LogP contribution is 2.36. The van der Waals surface area contributed by atoms with Crippen LogP contribution >= 0.6 is 11.6 Å². The van der Waals surface area contributed by atoms with E-state index in [1.807, 2.05) is 13.1 Å². The number of morpholine rings is 1. The zero-order valence-corrected chi connectivity index (χ0v) is 18.8. The van der Waals surface area contributed by atoms with Gasteiger partial charge in [-0.3, -0.25) is 0 Å². The Morgan fingerprint density at radius 3 is 2.69 bits per heavy atom. The average Bonchev–Trinajstić information content (AvgIpc) is 3.10. The molecule has 2 heterocycles. The molecule has 3 atom stereocenters. The lowest BCUT2D eigenvalue weighted by Crippen LogP contribution is -2.58. The quantitative estimate of drug-likeness (QED) is 0.628. The molecule has 10 heteroatoms. The van der Waals surface area contributed by atoms with E-state index < -0.39 is 28.9 Å². The molecule has 2 aromatic carbocycles. The number of benzene rings is 2. The summed E-state index contributed by atoms with van der Waals surface area (Å²) < 4.78 is 41.5. The van der Waals surface area contributed by atoms with Crippen molar-refractivity contribution in [3.63, 3.8) is 0 Å². The predicted molar refractivity (Wildman–Crippen MR) is 116 cm³/mol. The molecular formula is C22H20ClFN4O3S. The molecule has 0 saturated carbocycles. The van der Waals surface area contributed by atoms with Crippen LogP contribution in [0.25, 0.3) is 0 Å². The molecule has 166 valence electrons. The highest BCUT2D eigenvalue weighted by atomic mass is 35.5. The van der Waals surface area contributed by atoms with Gasteiger partial charge in [0.2, 0.25) is 0 Å². The molecule has 0 amide bonds. The number of nitrogens with zero attached hydrogens (tertiary/aromatic N) is 4. The lowest BCUT2D eigenvalue weighted by Gasteiger charge is -2.41. The van der Waals surface area contributed by atoms with Crippen molar-refractivity contribution in [3.8, 4) is 17.9 Å². The summed E-state index contributed by atoms with van der Waals surface area (Å²) in [5.41, 5.74) is -0.613. The van der Waals surface area contributed by atoms with Crippen LogP contribution in [0.15, 0.2) is 41.3 Å². The molecule has 0 aromatic heterocycles. The van der Waals surface area contributed by atoms with Crippen molar-refractivity contribution in [3.05, 3.63) is 58.4 Å². The standard InChI is InChI=1S/C22H20ClFN4O3S/c1-27-6-7-30-22(13-27)14-28(32(29)20-5-3-17(23)8-16(20)11-26)12-21(22)31-18-4-2-15(10-25)19(24)9-18/h2-5,8-9,21H,6-7,12-14H2,1H3/t21-,22+,32?/m0/s1. The van der Waals surface area contributed by atoms with Gasteiger partial charge < -0.3 is 18.9 Å². The van der Waals surface area contributed by atoms with Crippen LogP contribution in [0, 0.1) is 28.5 Å². The molecule has 0 aliphatic carbocycles. The van der Waals surface area contributed by atoms with E-state index in [9.17, 15) is 14.2 Å². The first kappa shape index (κ1) is 22.8. The van der Waals surface area contributed by atoms with Crippen molar-refractivity contribution in [1.29, 1.82) is 10.5 Å². The van der Waals surface area contributed by atoms with Gasteiger partial charge in [0.25, 0.3) is 0 Å². The molecule has 32 heavy (non-hydrogen) atoms. The molecular weight excluding hydrogens is 455 g/mol. The van der Waals surface area contributed by atoms with Crippen molar-refractivity contribution in [2.24, 2.45) is 0 Å². The van der Waals surface area contributed by atoms with Crippen LogP contribution in [0.5, 0.6) is 5.75 Å². The number of hydrogen-bond donors (Lipinski definition) is 0. The molecule has 7 nitrogen and oxygen atoms in total. The van der Waals surface area contributed by atoms with Crippen LogP contribution in [-0.4, -0.2) is 65.3 Å². The lowest BCUT2D eigenvalue weighted by atomic mass is 9.97. The Bertz CT molecular complexity index is 1110. The highest BCUT2D eigenvalue weighted by Gasteiger charge is 2.55. The third-order valence-corrected chi connectivity index (χ3v) is 7.34. The van der Waals surface area contributed by atoms with E-state index in [-0.39, 0.29) is 23.4 Å². The number of rotatable bonds is 4. The maximum absolute atomic E-state index is 14.1. The Morgan fingerprint density at radius 1 is 1.22 bits per heavy atom. The summed E-state index contributed by atoms with van der Waals surface area (Å²) in [6.07, 6.45) is -0.542. The Balaban J connectivity index is 1.63. The van der Waals surface area contributed by atoms with Gasteiger partial charge in [-0.25, -0.2) is 4.39 Å². The fourth-order valence-electron chi connectivity index (χ4n) is 4.07. The Labute approximate surface area is 193 Å². The summed E-state index contributed by atoms with van der Waals surface area (Å²) in [5.74, 6) is -0.404. The zero-order valence-electron chi connectivity index (χ0n) is 17.3. The van der Waals surface area contributed by atoms with Crippen molar-refractivity contribution in [2.45, 2.75) is 16.6 Å². The smallest absolute Gasteiger partial charge is 0.191 e. The second kappa shape index (κ2) is 9.24. The van der Waals surface area contributed by atoms with Gasteiger partial charge in [-0.2, -0.15) is 10.5 Å². The molecule has 2 aliphatic rings. The number of likely N-dealkylation sites (N-methyl/N-ethyl adjacent to an activating group) is 1. The number of nitriles is 2. The first-order valence-electron chi connectivity index (χ1n) is 9.90. The largest absolute Gasteiger partial charge is 0.593 e. The summed E-state index contributed by atoms with van der Waals surface area (Å²) in [6, 6.07) is 12.6. The van der Waals surface area contributed by atoms with E-state index in [4.69, 9.17) is 26.3 Å². The molecule has 0 N–H and O–H groups in total. The van der Waals surface area contributed by atoms with E-state index in [1.54, 1.807) is 22.5 Å². The maximum Gasteiger partial charge on any atom is 0.191 e. The van der Waals surface area contributed by atoms with Gasteiger partial charge in [0.05, 0.1) is 36.6 Å². The second-order valence-electron chi connectivity index (χ2n) is 7.83. The van der Waals surface area contributed by atoms with Crippen LogP contribution in [0.4, 0.5) is 4.39 Å². The molecule has 1 unspecified atom stereocenters. The normalized spacial score (nSPS) is 24.8. The van der Waals surface area contributed by atoms with E-state index in [1.165, 1.54) is 24.3 Å². The van der Waals surface area contributed by atoms with Crippen molar-refractivity contribution in [1.82, 2.24) is 9.21 Å². The van der Waals surface area contributed by atoms with E-state index in [0.29, 0.717) is 29.6 Å². The highest BCUT2D eigenvalue weighted by molar-refractivity contribution is 7.89. The van der Waals surface area contributed by atoms with Crippen LogP contribution < -0.4 is 4.74 Å². The van der Waals surface area contributed by atoms with Gasteiger partial charge >= 0.3 is 0 Å². The Kier molecular flexibility index (Phi) is 6.59. The van der Waals surface area contributed by atoms with Gasteiger partial charge in [0, 0.05) is 24.2 Å². The number of halogens is 2. The SMILES string of the molecule is CN1CCO[C@]2(C1)CN([S+]([O-])c1ccc(Cl)cc1C#N)C[C@@H]2Oc1ccc(C#N)c(F)c1. The predicted octanol–water partition coefficient (Wildman–Crippen LogP) is 2.71. The molecule has 1 spiro atoms. The third-order valence-electron chi connectivity index (χ3n) is 5.62. The first-order chi connectivity index (χ1) is 15.3. The van der Waals surface area contributed by atoms with E-state index in [0.717, 1.165) is 6.54 Å². The Morgan fingerprint density at radius 2 is 2.00 bits per heavy atom. The second-order valence-corrected chi connectivity index (χ2v) is 9.73. The van der Waals surface area contributed by atoms with Crippen LogP contribution in [0.1, 0.15) is 11.1 Å². The topological polar surface area (TPSA) is 95.6 Å². The minimum absolute atomic E-state index is 0.0679. The van der Waals surface area contributed by atoms with E-state index >= 15 is 0 Å². The van der Waals surface area contributed by atoms with Crippen molar-refractivity contribution < 1.29 is 18.4 Å². The Hall–Kier alpha value is -2.37. The minimum Gasteiger partial charge on any atom is -0.593 e. The van der Waals surface area contributed by atoms with Crippen LogP contribution in [0.3, 0.4) is 0 Å². The third kappa shape index (κ3) is 4.41. The first-order valence-corrected chi connectivity index (χ1v) is 11.4. The van der Waals surface area contributed by atoms with Crippen LogP contribution in [-0.2, 0) is 16.1 Å². The molecule has 0 radical (unpaired) electrons. The molecule has 0 bridgehead atoms. The summed E-state index contributed by atoms with van der Waals surface area (Å²) in [7, 11) is 1.97. The molecule has 2 aromatic rings. The van der Waals surface area contributed by atoms with Crippen LogP contribution in [0.2, 0.25) is 5.02 Å². The van der Waals surface area contributed by atoms with Gasteiger partial charge in [-0.15, -0.1) is 4.31 Å². The zero-order chi connectivity index (χ0) is 22.9. The lowest BCUT2D eigenvalue weighted by molar-refractivity contribution is -0.133. The summed E-state index contributed by atoms with van der Waals surface area (Å²) in [5, 5.41) is 18.8. The molecule has 2 fully saturated rings. The minimum atomic E-state index is -1.65. The van der Waals surface area contributed by atoms with Crippen molar-refractivity contribution >= 4 is 23.0 Å². The van der Waals surface area contributed by atoms with Gasteiger partial charge in [0.1, 0.15) is 41.0 Å². The van der Waals surface area contributed by atoms with Gasteiger partial charge in [-0.05, 0) is 37.4 Å². The van der Waals surface area contributed by atoms with Gasteiger partial charge in [0.15, 0.2) is 4.90 Å². The average molecular weight is 475 g/mol. The molecule has 2 aliphatic heterocycles. The van der Waals surface area contributed by atoms with Crippen molar-refractivity contribution in [2.75, 3.05) is 39.8 Å². The monoisotopic (exact) mass is 474 g/mol. The number of hydrogen-bond acceptors (Lipinski definition) is 7. The molecule has 2 saturated heterocycles. The maximum atomic E-state index is 14.1. The summed E-state index contributed by atoms with van der Waals surface area (Å²) >= 11 is 4.33. The van der Waals surface area contributed by atoms with E-state index in [2.05, 4.69) is 4.90 Å². The van der Waals surface area contributed by atoms with Gasteiger partial charge in [-0.1, -0.05) is 11.6 Å². The summed E-state index contributed by atoms with van der Waals surface area (Å²) in [6.45, 7) is 2.31. The summed E-state index contributed by atoms with van der Waals surface area (Å²) in [4.78, 5) is 2.47. The fourth-order valence-corrected chi connectivity index (χ4v) is 5.60. The fraction of sp³-hybridized carbons (Fsp3) is 0.364.